The molecule has 0 radical (unpaired) electrons. The van der Waals surface area contributed by atoms with Crippen LogP contribution < -0.4 is 0 Å². The minimum atomic E-state index is 0.494. The summed E-state index contributed by atoms with van der Waals surface area (Å²) < 4.78 is 0. The van der Waals surface area contributed by atoms with Gasteiger partial charge in [-0.15, -0.1) is 11.3 Å². The Kier molecular flexibility index (Phi) is 4.18. The first-order valence-corrected chi connectivity index (χ1v) is 5.43. The summed E-state index contributed by atoms with van der Waals surface area (Å²) in [5.41, 5.74) is 1.42. The molecule has 1 aromatic rings. The number of thiazole rings is 1. The Morgan fingerprint density at radius 2 is 2.27 bits per heavy atom. The van der Waals surface area contributed by atoms with Crippen molar-refractivity contribution in [2.45, 2.75) is 13.8 Å². The molecule has 0 saturated carbocycles. The maximum absolute atomic E-state index is 10.8. The zero-order valence-electron chi connectivity index (χ0n) is 8.86. The van der Waals surface area contributed by atoms with E-state index in [2.05, 4.69) is 11.6 Å². The Hall–Kier alpha value is -1.48. The third-order valence-corrected chi connectivity index (χ3v) is 2.86. The van der Waals surface area contributed by atoms with Crippen LogP contribution in [0.4, 0.5) is 0 Å². The minimum absolute atomic E-state index is 0.494. The summed E-state index contributed by atoms with van der Waals surface area (Å²) >= 11 is 1.51. The van der Waals surface area contributed by atoms with E-state index in [4.69, 9.17) is 0 Å². The second-order valence-electron chi connectivity index (χ2n) is 2.92. The summed E-state index contributed by atoms with van der Waals surface area (Å²) in [4.78, 5) is 15.8. The van der Waals surface area contributed by atoms with Crippen LogP contribution in [0.15, 0.2) is 30.9 Å². The molecule has 0 aliphatic heterocycles. The van der Waals surface area contributed by atoms with E-state index in [1.165, 1.54) is 11.3 Å². The van der Waals surface area contributed by atoms with Gasteiger partial charge in [0, 0.05) is 0 Å². The van der Waals surface area contributed by atoms with Crippen LogP contribution in [0.3, 0.4) is 0 Å². The summed E-state index contributed by atoms with van der Waals surface area (Å²) in [6.45, 7) is 7.56. The molecule has 2 nitrogen and oxygen atoms in total. The smallest absolute Gasteiger partial charge is 0.169 e. The van der Waals surface area contributed by atoms with Gasteiger partial charge in [-0.1, -0.05) is 30.9 Å². The molecule has 78 valence electrons. The highest BCUT2D eigenvalue weighted by Gasteiger charge is 2.09. The molecule has 0 fully saturated rings. The van der Waals surface area contributed by atoms with Crippen molar-refractivity contribution in [1.29, 1.82) is 0 Å². The highest BCUT2D eigenvalue weighted by Crippen LogP contribution is 2.25. The molecule has 0 spiro atoms. The molecule has 0 amide bonds. The van der Waals surface area contributed by atoms with Gasteiger partial charge in [-0.25, -0.2) is 4.98 Å². The molecule has 1 heterocycles. The maximum atomic E-state index is 10.8. The van der Waals surface area contributed by atoms with Gasteiger partial charge >= 0.3 is 0 Å². The molecule has 0 aromatic carbocycles. The van der Waals surface area contributed by atoms with E-state index in [1.54, 1.807) is 6.08 Å². The fraction of sp³-hybridized carbons (Fsp3) is 0.167. The summed E-state index contributed by atoms with van der Waals surface area (Å²) in [6, 6.07) is 0. The fourth-order valence-electron chi connectivity index (χ4n) is 1.17. The Balaban J connectivity index is 3.22. The number of nitrogens with zero attached hydrogens (tertiary/aromatic N) is 1. The van der Waals surface area contributed by atoms with Crippen molar-refractivity contribution in [2.24, 2.45) is 0 Å². The van der Waals surface area contributed by atoms with Crippen molar-refractivity contribution >= 4 is 23.2 Å². The van der Waals surface area contributed by atoms with E-state index in [0.717, 1.165) is 21.7 Å². The molecule has 1 aromatic heterocycles. The van der Waals surface area contributed by atoms with Gasteiger partial charge in [0.25, 0.3) is 0 Å². The minimum Gasteiger partial charge on any atom is -0.296 e. The topological polar surface area (TPSA) is 30.0 Å². The zero-order chi connectivity index (χ0) is 11.3. The van der Waals surface area contributed by atoms with Crippen molar-refractivity contribution < 1.29 is 4.79 Å². The normalized spacial score (nSPS) is 12.0. The molecule has 15 heavy (non-hydrogen) atoms. The number of aldehydes is 1. The number of rotatable bonds is 4. The molecule has 0 unspecified atom stereocenters. The summed E-state index contributed by atoms with van der Waals surface area (Å²) in [6.07, 6.45) is 8.29. The fourth-order valence-corrected chi connectivity index (χ4v) is 2.07. The second kappa shape index (κ2) is 5.41. The van der Waals surface area contributed by atoms with Crippen LogP contribution in [0, 0.1) is 6.92 Å². The first-order valence-electron chi connectivity index (χ1n) is 4.61. The Bertz CT molecular complexity index is 427. The average molecular weight is 219 g/mol. The Morgan fingerprint density at radius 3 is 2.80 bits per heavy atom. The average Bonchev–Trinajstić information content (AvgIpc) is 2.61. The highest BCUT2D eigenvalue weighted by atomic mass is 32.1. The second-order valence-corrected chi connectivity index (χ2v) is 4.12. The molecular formula is C12H13NOS. The highest BCUT2D eigenvalue weighted by molar-refractivity contribution is 7.13. The maximum Gasteiger partial charge on any atom is 0.169 e. The van der Waals surface area contributed by atoms with E-state index in [0.29, 0.717) is 5.69 Å². The monoisotopic (exact) mass is 219 g/mol. The summed E-state index contributed by atoms with van der Waals surface area (Å²) in [5.74, 6) is 0. The van der Waals surface area contributed by atoms with E-state index in [1.807, 2.05) is 32.1 Å². The molecule has 0 N–H and O–H groups in total. The van der Waals surface area contributed by atoms with Gasteiger partial charge in [-0.3, -0.25) is 4.79 Å². The van der Waals surface area contributed by atoms with Crippen LogP contribution in [-0.4, -0.2) is 11.3 Å². The van der Waals surface area contributed by atoms with Gasteiger partial charge in [-0.2, -0.15) is 0 Å². The summed E-state index contributed by atoms with van der Waals surface area (Å²) in [5, 5.41) is 0.889. The van der Waals surface area contributed by atoms with Crippen LogP contribution in [0.1, 0.15) is 27.3 Å². The summed E-state index contributed by atoms with van der Waals surface area (Å²) in [7, 11) is 0. The predicted octanol–water partition coefficient (Wildman–Crippen LogP) is 3.41. The molecule has 3 heteroatoms. The molecule has 1 rings (SSSR count). The van der Waals surface area contributed by atoms with Crippen LogP contribution >= 0.6 is 11.3 Å². The third kappa shape index (κ3) is 2.73. The number of hydrogen-bond donors (Lipinski definition) is 0. The van der Waals surface area contributed by atoms with E-state index >= 15 is 0 Å². The first kappa shape index (κ1) is 11.6. The SMILES string of the molecule is C=CC(=CC=CC)c1sc(C)nc1C=O. The lowest BCUT2D eigenvalue weighted by Crippen LogP contribution is -1.85. The zero-order valence-corrected chi connectivity index (χ0v) is 9.67. The molecule has 0 atom stereocenters. The lowest BCUT2D eigenvalue weighted by molar-refractivity contribution is 0.111. The standard InChI is InChI=1S/C12H13NOS/c1-4-6-7-10(5-2)12-11(8-14)13-9(3)15-12/h4-8H,2H2,1,3H3. The number of carbonyl (C=O) groups excluding carboxylic acids is 1. The lowest BCUT2D eigenvalue weighted by atomic mass is 10.2. The van der Waals surface area contributed by atoms with Gasteiger partial charge in [0.05, 0.1) is 9.88 Å². The molecule has 0 saturated heterocycles. The van der Waals surface area contributed by atoms with Gasteiger partial charge < -0.3 is 0 Å². The molecule has 0 aliphatic carbocycles. The van der Waals surface area contributed by atoms with Gasteiger partial charge in [0.15, 0.2) is 6.29 Å². The Morgan fingerprint density at radius 1 is 1.53 bits per heavy atom. The van der Waals surface area contributed by atoms with Crippen molar-refractivity contribution in [1.82, 2.24) is 4.98 Å². The van der Waals surface area contributed by atoms with Crippen LogP contribution in [0.25, 0.3) is 5.57 Å². The number of aromatic nitrogens is 1. The van der Waals surface area contributed by atoms with Crippen molar-refractivity contribution in [3.05, 3.63) is 46.5 Å². The largest absolute Gasteiger partial charge is 0.296 e. The van der Waals surface area contributed by atoms with Crippen LogP contribution in [0.5, 0.6) is 0 Å². The third-order valence-electron chi connectivity index (χ3n) is 1.82. The Labute approximate surface area is 93.7 Å². The number of aryl methyl sites for hydroxylation is 1. The van der Waals surface area contributed by atoms with Crippen LogP contribution in [-0.2, 0) is 0 Å². The van der Waals surface area contributed by atoms with E-state index < -0.39 is 0 Å². The van der Waals surface area contributed by atoms with Gasteiger partial charge in [0.1, 0.15) is 5.69 Å². The number of allylic oxidation sites excluding steroid dienone is 5. The first-order chi connectivity index (χ1) is 7.22. The van der Waals surface area contributed by atoms with E-state index in [9.17, 15) is 4.79 Å². The predicted molar refractivity (Wildman–Crippen MR) is 65.2 cm³/mol. The molecule has 0 aliphatic rings. The number of carbonyl (C=O) groups is 1. The van der Waals surface area contributed by atoms with Crippen molar-refractivity contribution in [2.75, 3.05) is 0 Å². The van der Waals surface area contributed by atoms with Crippen molar-refractivity contribution in [3.63, 3.8) is 0 Å². The quantitative estimate of drug-likeness (QED) is 0.573. The number of hydrogen-bond acceptors (Lipinski definition) is 3. The van der Waals surface area contributed by atoms with Gasteiger partial charge in [-0.05, 0) is 19.4 Å². The van der Waals surface area contributed by atoms with Gasteiger partial charge in [0.2, 0.25) is 0 Å². The van der Waals surface area contributed by atoms with Crippen molar-refractivity contribution in [3.8, 4) is 0 Å². The molecular weight excluding hydrogens is 206 g/mol. The van der Waals surface area contributed by atoms with Crippen LogP contribution in [0.2, 0.25) is 0 Å². The molecule has 0 bridgehead atoms. The van der Waals surface area contributed by atoms with E-state index in [-0.39, 0.29) is 0 Å². The lowest BCUT2D eigenvalue weighted by Gasteiger charge is -1.96.